The summed E-state index contributed by atoms with van der Waals surface area (Å²) < 4.78 is 8.14. The molecule has 0 saturated carbocycles. The zero-order valence-corrected chi connectivity index (χ0v) is 18.6. The van der Waals surface area contributed by atoms with Crippen molar-refractivity contribution in [2.45, 2.75) is 25.8 Å². The summed E-state index contributed by atoms with van der Waals surface area (Å²) in [6.45, 7) is 3.72. The Balaban J connectivity index is 1.43. The van der Waals surface area contributed by atoms with E-state index in [-0.39, 0.29) is 11.8 Å². The lowest BCUT2D eigenvalue weighted by atomic mass is 10.1. The molecule has 0 aliphatic carbocycles. The predicted molar refractivity (Wildman–Crippen MR) is 128 cm³/mol. The highest BCUT2D eigenvalue weighted by atomic mass is 35.5. The number of imidazole rings is 1. The van der Waals surface area contributed by atoms with E-state index in [9.17, 15) is 4.79 Å². The van der Waals surface area contributed by atoms with Crippen LogP contribution in [0.4, 0.5) is 5.69 Å². The van der Waals surface area contributed by atoms with Crippen molar-refractivity contribution in [2.24, 2.45) is 0 Å². The van der Waals surface area contributed by atoms with E-state index in [1.54, 1.807) is 0 Å². The molecule has 1 saturated heterocycles. The van der Waals surface area contributed by atoms with Gasteiger partial charge in [-0.3, -0.25) is 4.79 Å². The van der Waals surface area contributed by atoms with Crippen molar-refractivity contribution in [3.63, 3.8) is 0 Å². The molecule has 32 heavy (non-hydrogen) atoms. The highest BCUT2D eigenvalue weighted by Crippen LogP contribution is 2.36. The van der Waals surface area contributed by atoms with Gasteiger partial charge in [0.05, 0.1) is 17.6 Å². The second kappa shape index (κ2) is 8.67. The Kier molecular flexibility index (Phi) is 5.58. The monoisotopic (exact) mass is 445 g/mol. The van der Waals surface area contributed by atoms with Crippen LogP contribution in [0.5, 0.6) is 5.75 Å². The quantitative estimate of drug-likeness (QED) is 0.388. The first-order valence-corrected chi connectivity index (χ1v) is 11.2. The number of para-hydroxylation sites is 3. The van der Waals surface area contributed by atoms with Gasteiger partial charge in [-0.15, -0.1) is 0 Å². The van der Waals surface area contributed by atoms with E-state index in [0.717, 1.165) is 33.9 Å². The van der Waals surface area contributed by atoms with Crippen LogP contribution < -0.4 is 9.64 Å². The molecule has 3 aromatic carbocycles. The van der Waals surface area contributed by atoms with Crippen LogP contribution in [0.3, 0.4) is 0 Å². The van der Waals surface area contributed by atoms with Crippen molar-refractivity contribution in [3.05, 3.63) is 89.2 Å². The summed E-state index contributed by atoms with van der Waals surface area (Å²) in [6, 6.07) is 23.6. The van der Waals surface area contributed by atoms with E-state index >= 15 is 0 Å². The van der Waals surface area contributed by atoms with Gasteiger partial charge in [0.2, 0.25) is 5.91 Å². The SMILES string of the molecule is Cc1c(Cl)cccc1N1CC(c2nc3ccccc3n2CCOc2ccccc2)CC1=O. The van der Waals surface area contributed by atoms with Crippen LogP contribution in [0.2, 0.25) is 5.02 Å². The summed E-state index contributed by atoms with van der Waals surface area (Å²) in [7, 11) is 0. The number of benzene rings is 3. The number of hydrogen-bond donors (Lipinski definition) is 0. The van der Waals surface area contributed by atoms with E-state index in [0.29, 0.717) is 31.1 Å². The number of fused-ring (bicyclic) bond motifs is 1. The third-order valence-corrected chi connectivity index (χ3v) is 6.44. The highest BCUT2D eigenvalue weighted by Gasteiger charge is 2.35. The van der Waals surface area contributed by atoms with Gasteiger partial charge in [0.25, 0.3) is 0 Å². The average Bonchev–Trinajstić information content (AvgIpc) is 3.37. The topological polar surface area (TPSA) is 47.4 Å². The van der Waals surface area contributed by atoms with Crippen LogP contribution in [-0.2, 0) is 11.3 Å². The van der Waals surface area contributed by atoms with Crippen LogP contribution in [0.15, 0.2) is 72.8 Å². The summed E-state index contributed by atoms with van der Waals surface area (Å²) >= 11 is 6.31. The van der Waals surface area contributed by atoms with Crippen molar-refractivity contribution >= 4 is 34.2 Å². The Morgan fingerprint density at radius 2 is 1.81 bits per heavy atom. The molecule has 0 bridgehead atoms. The molecule has 1 aliphatic heterocycles. The van der Waals surface area contributed by atoms with Gasteiger partial charge in [0, 0.05) is 29.6 Å². The van der Waals surface area contributed by atoms with E-state index in [1.807, 2.05) is 78.6 Å². The van der Waals surface area contributed by atoms with Crippen molar-refractivity contribution in [2.75, 3.05) is 18.1 Å². The second-order valence-corrected chi connectivity index (χ2v) is 8.47. The van der Waals surface area contributed by atoms with Crippen LogP contribution in [0, 0.1) is 6.92 Å². The maximum Gasteiger partial charge on any atom is 0.227 e. The standard InChI is InChI=1S/C26H24ClN3O2/c1-18-21(27)10-7-13-23(18)30-17-19(16-25(30)31)26-28-22-11-5-6-12-24(22)29(26)14-15-32-20-8-3-2-4-9-20/h2-13,19H,14-17H2,1H3. The molecular formula is C26H24ClN3O2. The number of hydrogen-bond acceptors (Lipinski definition) is 3. The fourth-order valence-electron chi connectivity index (χ4n) is 4.41. The number of nitrogens with zero attached hydrogens (tertiary/aromatic N) is 3. The summed E-state index contributed by atoms with van der Waals surface area (Å²) in [6.07, 6.45) is 0.425. The number of ether oxygens (including phenoxy) is 1. The minimum Gasteiger partial charge on any atom is -0.492 e. The van der Waals surface area contributed by atoms with Crippen molar-refractivity contribution in [3.8, 4) is 5.75 Å². The number of rotatable bonds is 6. The fraction of sp³-hybridized carbons (Fsp3) is 0.231. The summed E-state index contributed by atoms with van der Waals surface area (Å²) in [4.78, 5) is 19.7. The molecule has 0 radical (unpaired) electrons. The van der Waals surface area contributed by atoms with Gasteiger partial charge in [-0.2, -0.15) is 0 Å². The highest BCUT2D eigenvalue weighted by molar-refractivity contribution is 6.31. The van der Waals surface area contributed by atoms with Gasteiger partial charge in [-0.1, -0.05) is 48.0 Å². The summed E-state index contributed by atoms with van der Waals surface area (Å²) in [5, 5.41) is 0.670. The van der Waals surface area contributed by atoms with Gasteiger partial charge in [0.1, 0.15) is 18.2 Å². The molecule has 1 amide bonds. The average molecular weight is 446 g/mol. The molecule has 6 heteroatoms. The number of anilines is 1. The Morgan fingerprint density at radius 1 is 1.03 bits per heavy atom. The van der Waals surface area contributed by atoms with Crippen LogP contribution in [0.25, 0.3) is 11.0 Å². The van der Waals surface area contributed by atoms with E-state index in [1.165, 1.54) is 0 Å². The molecule has 2 heterocycles. The normalized spacial score (nSPS) is 16.1. The van der Waals surface area contributed by atoms with E-state index in [2.05, 4.69) is 10.6 Å². The van der Waals surface area contributed by atoms with Gasteiger partial charge in [-0.25, -0.2) is 4.98 Å². The number of carbonyl (C=O) groups excluding carboxylic acids is 1. The molecule has 5 rings (SSSR count). The van der Waals surface area contributed by atoms with Gasteiger partial charge in [0.15, 0.2) is 0 Å². The third kappa shape index (κ3) is 3.84. The lowest BCUT2D eigenvalue weighted by Crippen LogP contribution is -2.25. The predicted octanol–water partition coefficient (Wildman–Crippen LogP) is 5.60. The minimum atomic E-state index is 0.00464. The third-order valence-electron chi connectivity index (χ3n) is 6.03. The first-order valence-electron chi connectivity index (χ1n) is 10.8. The molecule has 1 aliphatic rings. The maximum atomic E-state index is 13.0. The van der Waals surface area contributed by atoms with E-state index in [4.69, 9.17) is 21.3 Å². The molecule has 0 N–H and O–H groups in total. The second-order valence-electron chi connectivity index (χ2n) is 8.06. The Morgan fingerprint density at radius 3 is 2.66 bits per heavy atom. The lowest BCUT2D eigenvalue weighted by Gasteiger charge is -2.20. The van der Waals surface area contributed by atoms with E-state index < -0.39 is 0 Å². The van der Waals surface area contributed by atoms with Crippen LogP contribution >= 0.6 is 11.6 Å². The van der Waals surface area contributed by atoms with Crippen molar-refractivity contribution in [1.29, 1.82) is 0 Å². The number of aromatic nitrogens is 2. The molecular weight excluding hydrogens is 422 g/mol. The summed E-state index contributed by atoms with van der Waals surface area (Å²) in [5.74, 6) is 1.88. The first kappa shape index (κ1) is 20.6. The first-order chi connectivity index (χ1) is 15.6. The van der Waals surface area contributed by atoms with Gasteiger partial charge < -0.3 is 14.2 Å². The Hall–Kier alpha value is -3.31. The largest absolute Gasteiger partial charge is 0.492 e. The molecule has 162 valence electrons. The molecule has 1 fully saturated rings. The van der Waals surface area contributed by atoms with Crippen molar-refractivity contribution in [1.82, 2.24) is 9.55 Å². The zero-order valence-electron chi connectivity index (χ0n) is 17.9. The zero-order chi connectivity index (χ0) is 22.1. The molecule has 4 aromatic rings. The molecule has 1 atom stereocenters. The number of amides is 1. The van der Waals surface area contributed by atoms with Gasteiger partial charge in [-0.05, 0) is 48.9 Å². The smallest absolute Gasteiger partial charge is 0.227 e. The maximum absolute atomic E-state index is 13.0. The van der Waals surface area contributed by atoms with Crippen molar-refractivity contribution < 1.29 is 9.53 Å². The van der Waals surface area contributed by atoms with Crippen LogP contribution in [0.1, 0.15) is 23.7 Å². The minimum absolute atomic E-state index is 0.00464. The van der Waals surface area contributed by atoms with Gasteiger partial charge >= 0.3 is 0 Å². The molecule has 5 nitrogen and oxygen atoms in total. The fourth-order valence-corrected chi connectivity index (χ4v) is 4.58. The summed E-state index contributed by atoms with van der Waals surface area (Å²) in [5.41, 5.74) is 3.80. The molecule has 1 aromatic heterocycles. The number of carbonyl (C=O) groups is 1. The Bertz CT molecular complexity index is 1270. The van der Waals surface area contributed by atoms with Crippen LogP contribution in [-0.4, -0.2) is 28.6 Å². The number of halogens is 1. The lowest BCUT2D eigenvalue weighted by molar-refractivity contribution is -0.117. The Labute approximate surface area is 192 Å². The molecule has 1 unspecified atom stereocenters. The molecule has 0 spiro atoms.